The second kappa shape index (κ2) is 7.80. The van der Waals surface area contributed by atoms with Crippen molar-refractivity contribution in [2.45, 2.75) is 18.9 Å². The average Bonchev–Trinajstić information content (AvgIpc) is 3.36. The number of benzene rings is 1. The highest BCUT2D eigenvalue weighted by Crippen LogP contribution is 2.24. The standard InChI is InChI=1S/C21H24N4O2/c1-24-13-12-23-21(24)18-15-22-11-14-25(18)20(26)10-8-17-7-9-19(27-17)16-5-3-2-4-6-16/h2-7,9,12-13,18,22H,8,10-11,14-15H2,1H3. The number of amides is 1. The van der Waals surface area contributed by atoms with E-state index in [0.29, 0.717) is 19.4 Å². The molecule has 0 radical (unpaired) electrons. The van der Waals surface area contributed by atoms with Crippen LogP contribution in [0.2, 0.25) is 0 Å². The first-order valence-corrected chi connectivity index (χ1v) is 9.34. The second-order valence-electron chi connectivity index (χ2n) is 6.84. The topological polar surface area (TPSA) is 63.3 Å². The van der Waals surface area contributed by atoms with Gasteiger partial charge >= 0.3 is 0 Å². The molecule has 1 atom stereocenters. The number of rotatable bonds is 5. The predicted octanol–water partition coefficient (Wildman–Crippen LogP) is 2.79. The van der Waals surface area contributed by atoms with Gasteiger partial charge in [-0.05, 0) is 12.1 Å². The van der Waals surface area contributed by atoms with Gasteiger partial charge in [0.2, 0.25) is 5.91 Å². The van der Waals surface area contributed by atoms with Gasteiger partial charge in [-0.2, -0.15) is 0 Å². The van der Waals surface area contributed by atoms with Gasteiger partial charge in [0.25, 0.3) is 0 Å². The van der Waals surface area contributed by atoms with Crippen molar-refractivity contribution in [3.05, 3.63) is 66.4 Å². The Hall–Kier alpha value is -2.86. The molecule has 2 aromatic heterocycles. The van der Waals surface area contributed by atoms with Gasteiger partial charge in [0.1, 0.15) is 23.4 Å². The molecule has 3 aromatic rings. The van der Waals surface area contributed by atoms with E-state index in [2.05, 4.69) is 10.3 Å². The highest BCUT2D eigenvalue weighted by molar-refractivity contribution is 5.77. The monoisotopic (exact) mass is 364 g/mol. The predicted molar refractivity (Wildman–Crippen MR) is 103 cm³/mol. The summed E-state index contributed by atoms with van der Waals surface area (Å²) in [4.78, 5) is 19.3. The summed E-state index contributed by atoms with van der Waals surface area (Å²) in [6.45, 7) is 2.24. The number of carbonyl (C=O) groups excluding carboxylic acids is 1. The van der Waals surface area contributed by atoms with Crippen molar-refractivity contribution in [2.24, 2.45) is 7.05 Å². The lowest BCUT2D eigenvalue weighted by Gasteiger charge is -2.35. The van der Waals surface area contributed by atoms with Crippen LogP contribution < -0.4 is 5.32 Å². The average molecular weight is 364 g/mol. The molecule has 27 heavy (non-hydrogen) atoms. The molecule has 1 saturated heterocycles. The van der Waals surface area contributed by atoms with Crippen molar-refractivity contribution in [1.82, 2.24) is 19.8 Å². The van der Waals surface area contributed by atoms with Gasteiger partial charge in [-0.1, -0.05) is 30.3 Å². The molecule has 0 spiro atoms. The summed E-state index contributed by atoms with van der Waals surface area (Å²) in [5.74, 6) is 2.74. The lowest BCUT2D eigenvalue weighted by Crippen LogP contribution is -2.49. The molecular weight excluding hydrogens is 340 g/mol. The Morgan fingerprint density at radius 1 is 1.26 bits per heavy atom. The van der Waals surface area contributed by atoms with E-state index >= 15 is 0 Å². The highest BCUT2D eigenvalue weighted by Gasteiger charge is 2.30. The smallest absolute Gasteiger partial charge is 0.223 e. The number of piperazine rings is 1. The Morgan fingerprint density at radius 2 is 2.11 bits per heavy atom. The van der Waals surface area contributed by atoms with Crippen LogP contribution in [0, 0.1) is 0 Å². The minimum Gasteiger partial charge on any atom is -0.461 e. The molecule has 3 heterocycles. The van der Waals surface area contributed by atoms with E-state index in [1.54, 1.807) is 6.20 Å². The number of hydrogen-bond donors (Lipinski definition) is 1. The molecule has 140 valence electrons. The molecule has 6 nitrogen and oxygen atoms in total. The Labute approximate surface area is 158 Å². The van der Waals surface area contributed by atoms with Crippen LogP contribution in [0.25, 0.3) is 11.3 Å². The van der Waals surface area contributed by atoms with Crippen molar-refractivity contribution in [2.75, 3.05) is 19.6 Å². The van der Waals surface area contributed by atoms with Crippen LogP contribution in [-0.2, 0) is 18.3 Å². The van der Waals surface area contributed by atoms with Crippen LogP contribution in [-0.4, -0.2) is 40.0 Å². The SMILES string of the molecule is Cn1ccnc1C1CNCCN1C(=O)CCc1ccc(-c2ccccc2)o1. The van der Waals surface area contributed by atoms with Gasteiger partial charge in [-0.15, -0.1) is 0 Å². The summed E-state index contributed by atoms with van der Waals surface area (Å²) in [5, 5.41) is 3.36. The zero-order valence-corrected chi connectivity index (χ0v) is 15.5. The van der Waals surface area contributed by atoms with E-state index in [9.17, 15) is 4.79 Å². The molecular formula is C21H24N4O2. The lowest BCUT2D eigenvalue weighted by molar-refractivity contribution is -0.134. The molecule has 0 aliphatic carbocycles. The maximum atomic E-state index is 12.9. The van der Waals surface area contributed by atoms with Crippen LogP contribution in [0.5, 0.6) is 0 Å². The van der Waals surface area contributed by atoms with E-state index < -0.39 is 0 Å². The number of imidazole rings is 1. The summed E-state index contributed by atoms with van der Waals surface area (Å²) in [5.41, 5.74) is 1.05. The summed E-state index contributed by atoms with van der Waals surface area (Å²) in [6.07, 6.45) is 4.73. The van der Waals surface area contributed by atoms with Crippen LogP contribution in [0.15, 0.2) is 59.3 Å². The van der Waals surface area contributed by atoms with Gasteiger partial charge in [-0.25, -0.2) is 4.98 Å². The molecule has 1 aliphatic heterocycles. The van der Waals surface area contributed by atoms with Crippen LogP contribution in [0.4, 0.5) is 0 Å². The third kappa shape index (κ3) is 3.80. The van der Waals surface area contributed by atoms with Crippen molar-refractivity contribution >= 4 is 5.91 Å². The van der Waals surface area contributed by atoms with E-state index in [4.69, 9.17) is 4.42 Å². The Bertz CT molecular complexity index is 900. The quantitative estimate of drug-likeness (QED) is 0.756. The van der Waals surface area contributed by atoms with E-state index in [1.165, 1.54) is 0 Å². The van der Waals surface area contributed by atoms with Crippen LogP contribution >= 0.6 is 0 Å². The molecule has 0 saturated carbocycles. The fraction of sp³-hybridized carbons (Fsp3) is 0.333. The van der Waals surface area contributed by atoms with Crippen molar-refractivity contribution < 1.29 is 9.21 Å². The fourth-order valence-corrected chi connectivity index (χ4v) is 3.58. The minimum atomic E-state index is -0.0252. The Morgan fingerprint density at radius 3 is 2.89 bits per heavy atom. The summed E-state index contributed by atoms with van der Waals surface area (Å²) in [6, 6.07) is 13.9. The van der Waals surface area contributed by atoms with Crippen LogP contribution in [0.1, 0.15) is 24.0 Å². The third-order valence-electron chi connectivity index (χ3n) is 5.03. The van der Waals surface area contributed by atoms with Crippen LogP contribution in [0.3, 0.4) is 0 Å². The molecule has 1 aliphatic rings. The first-order chi connectivity index (χ1) is 13.2. The summed E-state index contributed by atoms with van der Waals surface area (Å²) < 4.78 is 7.91. The number of hydrogen-bond acceptors (Lipinski definition) is 4. The van der Waals surface area contributed by atoms with Gasteiger partial charge in [0.15, 0.2) is 0 Å². The number of furan rings is 1. The third-order valence-corrected chi connectivity index (χ3v) is 5.03. The molecule has 6 heteroatoms. The maximum Gasteiger partial charge on any atom is 0.223 e. The van der Waals surface area contributed by atoms with E-state index in [-0.39, 0.29) is 11.9 Å². The number of carbonyl (C=O) groups is 1. The van der Waals surface area contributed by atoms with Crippen molar-refractivity contribution in [3.63, 3.8) is 0 Å². The largest absolute Gasteiger partial charge is 0.461 e. The molecule has 1 aromatic carbocycles. The number of nitrogens with one attached hydrogen (secondary N) is 1. The fourth-order valence-electron chi connectivity index (χ4n) is 3.58. The first-order valence-electron chi connectivity index (χ1n) is 9.34. The Balaban J connectivity index is 1.41. The number of aryl methyl sites for hydroxylation is 2. The number of aromatic nitrogens is 2. The zero-order chi connectivity index (χ0) is 18.6. The molecule has 1 amide bonds. The van der Waals surface area contributed by atoms with Crippen molar-refractivity contribution in [3.8, 4) is 11.3 Å². The van der Waals surface area contributed by atoms with Gasteiger partial charge < -0.3 is 19.2 Å². The second-order valence-corrected chi connectivity index (χ2v) is 6.84. The van der Waals surface area contributed by atoms with E-state index in [1.807, 2.05) is 65.2 Å². The molecule has 1 N–H and O–H groups in total. The highest BCUT2D eigenvalue weighted by atomic mass is 16.3. The summed E-state index contributed by atoms with van der Waals surface area (Å²) in [7, 11) is 1.97. The minimum absolute atomic E-state index is 0.0252. The molecule has 0 bridgehead atoms. The summed E-state index contributed by atoms with van der Waals surface area (Å²) >= 11 is 0. The molecule has 4 rings (SSSR count). The first kappa shape index (κ1) is 17.5. The maximum absolute atomic E-state index is 12.9. The van der Waals surface area contributed by atoms with Gasteiger partial charge in [0.05, 0.1) is 0 Å². The van der Waals surface area contributed by atoms with Gasteiger partial charge in [0, 0.05) is 57.5 Å². The van der Waals surface area contributed by atoms with Crippen molar-refractivity contribution in [1.29, 1.82) is 0 Å². The normalized spacial score (nSPS) is 17.2. The number of nitrogens with zero attached hydrogens (tertiary/aromatic N) is 3. The zero-order valence-electron chi connectivity index (χ0n) is 15.5. The van der Waals surface area contributed by atoms with Gasteiger partial charge in [-0.3, -0.25) is 4.79 Å². The molecule has 1 unspecified atom stereocenters. The Kier molecular flexibility index (Phi) is 5.07. The molecule has 1 fully saturated rings. The van der Waals surface area contributed by atoms with E-state index in [0.717, 1.165) is 36.0 Å². The lowest BCUT2D eigenvalue weighted by atomic mass is 10.1.